The summed E-state index contributed by atoms with van der Waals surface area (Å²) in [6, 6.07) is 6.61. The van der Waals surface area contributed by atoms with Gasteiger partial charge in [-0.3, -0.25) is 4.99 Å². The van der Waals surface area contributed by atoms with Crippen molar-refractivity contribution in [2.45, 2.75) is 45.1 Å². The van der Waals surface area contributed by atoms with Crippen molar-refractivity contribution in [1.82, 2.24) is 10.6 Å². The predicted octanol–water partition coefficient (Wildman–Crippen LogP) is 3.43. The van der Waals surface area contributed by atoms with Gasteiger partial charge in [-0.25, -0.2) is 0 Å². The lowest BCUT2D eigenvalue weighted by molar-refractivity contribution is 0.353. The number of thioether (sulfide) groups is 1. The smallest absolute Gasteiger partial charge is 0.191 e. The second kappa shape index (κ2) is 9.95. The minimum atomic E-state index is -0.108. The van der Waals surface area contributed by atoms with Crippen molar-refractivity contribution in [3.05, 3.63) is 23.8 Å². The van der Waals surface area contributed by atoms with Crippen LogP contribution in [0.2, 0.25) is 0 Å². The third kappa shape index (κ3) is 5.73. The molecule has 1 aliphatic heterocycles. The van der Waals surface area contributed by atoms with Gasteiger partial charge < -0.3 is 20.1 Å². The summed E-state index contributed by atoms with van der Waals surface area (Å²) in [5.74, 6) is 4.85. The lowest BCUT2D eigenvalue weighted by Gasteiger charge is -2.27. The van der Waals surface area contributed by atoms with E-state index in [1.165, 1.54) is 24.2 Å². The molecule has 1 unspecified atom stereocenters. The summed E-state index contributed by atoms with van der Waals surface area (Å²) in [7, 11) is 3.33. The minimum Gasteiger partial charge on any atom is -0.493 e. The van der Waals surface area contributed by atoms with E-state index in [0.29, 0.717) is 12.6 Å². The molecule has 1 atom stereocenters. The van der Waals surface area contributed by atoms with Gasteiger partial charge in [-0.1, -0.05) is 19.9 Å². The Hall–Kier alpha value is -1.56. The Labute approximate surface area is 162 Å². The maximum absolute atomic E-state index is 5.45. The predicted molar refractivity (Wildman–Crippen MR) is 112 cm³/mol. The molecule has 2 N–H and O–H groups in total. The van der Waals surface area contributed by atoms with Gasteiger partial charge in [0.15, 0.2) is 17.5 Å². The van der Waals surface area contributed by atoms with Crippen molar-refractivity contribution in [3.8, 4) is 11.5 Å². The Morgan fingerprint density at radius 1 is 1.27 bits per heavy atom. The van der Waals surface area contributed by atoms with Crippen LogP contribution in [0.3, 0.4) is 0 Å². The Kier molecular flexibility index (Phi) is 7.94. The number of guanidine groups is 1. The Morgan fingerprint density at radius 3 is 2.65 bits per heavy atom. The highest BCUT2D eigenvalue weighted by atomic mass is 32.2. The molecule has 1 aromatic carbocycles. The van der Waals surface area contributed by atoms with E-state index in [2.05, 4.69) is 37.5 Å². The lowest BCUT2D eigenvalue weighted by Crippen LogP contribution is -2.46. The number of hydrogen-bond acceptors (Lipinski definition) is 4. The van der Waals surface area contributed by atoms with Crippen LogP contribution < -0.4 is 20.1 Å². The highest BCUT2D eigenvalue weighted by Crippen LogP contribution is 2.33. The summed E-state index contributed by atoms with van der Waals surface area (Å²) >= 11 is 2.02. The monoisotopic (exact) mass is 379 g/mol. The summed E-state index contributed by atoms with van der Waals surface area (Å²) in [6.45, 7) is 8.07. The number of rotatable bonds is 7. The van der Waals surface area contributed by atoms with Gasteiger partial charge in [0.2, 0.25) is 0 Å². The molecule has 1 aliphatic rings. The quantitative estimate of drug-likeness (QED) is 0.561. The van der Waals surface area contributed by atoms with Crippen LogP contribution in [0.1, 0.15) is 39.2 Å². The fraction of sp³-hybridized carbons (Fsp3) is 0.650. The number of hydrogen-bond donors (Lipinski definition) is 2. The summed E-state index contributed by atoms with van der Waals surface area (Å²) in [5, 5.41) is 6.97. The molecule has 1 aromatic rings. The van der Waals surface area contributed by atoms with Crippen LogP contribution in [0.25, 0.3) is 0 Å². The molecular weight excluding hydrogens is 346 g/mol. The number of nitrogens with zero attached hydrogens (tertiary/aromatic N) is 1. The second-order valence-electron chi connectivity index (χ2n) is 7.21. The summed E-state index contributed by atoms with van der Waals surface area (Å²) < 4.78 is 10.8. The normalized spacial score (nSPS) is 18.3. The van der Waals surface area contributed by atoms with E-state index >= 15 is 0 Å². The van der Waals surface area contributed by atoms with E-state index in [1.807, 2.05) is 23.9 Å². The largest absolute Gasteiger partial charge is 0.493 e. The van der Waals surface area contributed by atoms with Crippen molar-refractivity contribution in [2.75, 3.05) is 38.8 Å². The summed E-state index contributed by atoms with van der Waals surface area (Å²) in [4.78, 5) is 4.87. The molecular formula is C20H33N3O2S. The summed E-state index contributed by atoms with van der Waals surface area (Å²) in [5.41, 5.74) is 1.08. The van der Waals surface area contributed by atoms with Gasteiger partial charge in [-0.2, -0.15) is 11.8 Å². The Bertz CT molecular complexity index is 599. The van der Waals surface area contributed by atoms with Crippen molar-refractivity contribution >= 4 is 17.7 Å². The van der Waals surface area contributed by atoms with Gasteiger partial charge in [-0.05, 0) is 43.2 Å². The van der Waals surface area contributed by atoms with Crippen molar-refractivity contribution in [3.63, 3.8) is 0 Å². The molecule has 146 valence electrons. The van der Waals surface area contributed by atoms with Crippen LogP contribution in [-0.4, -0.2) is 50.8 Å². The topological polar surface area (TPSA) is 54.9 Å². The third-order valence-corrected chi connectivity index (χ3v) is 5.86. The molecule has 0 aromatic heterocycles. The van der Waals surface area contributed by atoms with E-state index in [-0.39, 0.29) is 5.41 Å². The molecule has 26 heavy (non-hydrogen) atoms. The minimum absolute atomic E-state index is 0.108. The second-order valence-corrected chi connectivity index (χ2v) is 8.36. The number of ether oxygens (including phenoxy) is 2. The number of methoxy groups -OCH3 is 2. The van der Waals surface area contributed by atoms with Gasteiger partial charge in [0, 0.05) is 23.8 Å². The van der Waals surface area contributed by atoms with Crippen LogP contribution in [0.15, 0.2) is 23.2 Å². The molecule has 5 nitrogen and oxygen atoms in total. The van der Waals surface area contributed by atoms with Gasteiger partial charge in [0.1, 0.15) is 0 Å². The highest BCUT2D eigenvalue weighted by Gasteiger charge is 2.23. The van der Waals surface area contributed by atoms with Crippen LogP contribution in [-0.2, 0) is 5.41 Å². The molecule has 1 heterocycles. The Balaban J connectivity index is 2.10. The zero-order valence-corrected chi connectivity index (χ0v) is 17.5. The molecule has 2 rings (SSSR count). The van der Waals surface area contributed by atoms with Gasteiger partial charge in [0.25, 0.3) is 0 Å². The third-order valence-electron chi connectivity index (χ3n) is 4.64. The number of aliphatic imine (C=N–C) groups is 1. The lowest BCUT2D eigenvalue weighted by atomic mass is 9.84. The molecule has 0 radical (unpaired) electrons. The molecule has 0 bridgehead atoms. The average Bonchev–Trinajstić information content (AvgIpc) is 2.66. The zero-order chi connectivity index (χ0) is 19.0. The van der Waals surface area contributed by atoms with Gasteiger partial charge in [0.05, 0.1) is 20.8 Å². The van der Waals surface area contributed by atoms with Crippen LogP contribution >= 0.6 is 11.8 Å². The average molecular weight is 380 g/mol. The van der Waals surface area contributed by atoms with E-state index in [0.717, 1.165) is 29.8 Å². The molecule has 0 aliphatic carbocycles. The fourth-order valence-corrected chi connectivity index (χ4v) is 4.07. The number of nitrogens with one attached hydrogen (secondary N) is 2. The first kappa shape index (κ1) is 20.7. The summed E-state index contributed by atoms with van der Waals surface area (Å²) in [6.07, 6.45) is 2.50. The molecule has 0 saturated carbocycles. The maximum atomic E-state index is 5.45. The van der Waals surface area contributed by atoms with Crippen molar-refractivity contribution < 1.29 is 9.47 Å². The first-order valence-corrected chi connectivity index (χ1v) is 10.5. The molecule has 6 heteroatoms. The molecule has 1 saturated heterocycles. The number of benzene rings is 1. The molecule has 0 spiro atoms. The maximum Gasteiger partial charge on any atom is 0.191 e. The molecule has 0 amide bonds. The van der Waals surface area contributed by atoms with E-state index in [9.17, 15) is 0 Å². The standard InChI is InChI=1S/C20H33N3O2S/c1-6-21-19(23-16-8-7-11-26-13-16)22-14-20(2,3)15-9-10-17(24-4)18(12-15)25-5/h9-10,12,16H,6-8,11,13-14H2,1-5H3,(H2,21,22,23). The first-order valence-electron chi connectivity index (χ1n) is 9.35. The fourth-order valence-electron chi connectivity index (χ4n) is 2.99. The molecule has 1 fully saturated rings. The first-order chi connectivity index (χ1) is 12.5. The van der Waals surface area contributed by atoms with E-state index < -0.39 is 0 Å². The van der Waals surface area contributed by atoms with Crippen molar-refractivity contribution in [2.24, 2.45) is 4.99 Å². The van der Waals surface area contributed by atoms with Crippen LogP contribution in [0, 0.1) is 0 Å². The van der Waals surface area contributed by atoms with Crippen LogP contribution in [0.5, 0.6) is 11.5 Å². The van der Waals surface area contributed by atoms with Gasteiger partial charge >= 0.3 is 0 Å². The van der Waals surface area contributed by atoms with E-state index in [1.54, 1.807) is 14.2 Å². The van der Waals surface area contributed by atoms with Crippen molar-refractivity contribution in [1.29, 1.82) is 0 Å². The SMILES string of the molecule is CCNC(=NCC(C)(C)c1ccc(OC)c(OC)c1)NC1CCCSC1. The highest BCUT2D eigenvalue weighted by molar-refractivity contribution is 7.99. The zero-order valence-electron chi connectivity index (χ0n) is 16.7. The van der Waals surface area contributed by atoms with Gasteiger partial charge in [-0.15, -0.1) is 0 Å². The van der Waals surface area contributed by atoms with E-state index in [4.69, 9.17) is 14.5 Å². The Morgan fingerprint density at radius 2 is 2.04 bits per heavy atom. The van der Waals surface area contributed by atoms with Crippen LogP contribution in [0.4, 0.5) is 0 Å².